The maximum absolute atomic E-state index is 14.5. The summed E-state index contributed by atoms with van der Waals surface area (Å²) in [4.78, 5) is 27.6. The number of hydrogen-bond acceptors (Lipinski definition) is 3. The zero-order valence-electron chi connectivity index (χ0n) is 14.4. The molecule has 5 heteroatoms. The fourth-order valence-electron chi connectivity index (χ4n) is 3.55. The van der Waals surface area contributed by atoms with E-state index < -0.39 is 11.9 Å². The molecular formula is C21H18FNO3. The molecule has 1 unspecified atom stereocenters. The molecule has 2 heterocycles. The molecule has 3 aromatic rings. The number of carbonyl (C=O) groups excluding carboxylic acids is 1. The van der Waals surface area contributed by atoms with Crippen LogP contribution in [0.1, 0.15) is 47.5 Å². The molecule has 0 saturated carbocycles. The summed E-state index contributed by atoms with van der Waals surface area (Å²) < 4.78 is 20.3. The van der Waals surface area contributed by atoms with Gasteiger partial charge in [-0.2, -0.15) is 0 Å². The number of hydrogen-bond donors (Lipinski definition) is 0. The molecule has 1 aliphatic heterocycles. The third-order valence-corrected chi connectivity index (χ3v) is 4.83. The van der Waals surface area contributed by atoms with Crippen molar-refractivity contribution in [3.8, 4) is 0 Å². The monoisotopic (exact) mass is 351 g/mol. The Morgan fingerprint density at radius 1 is 1.08 bits per heavy atom. The molecule has 1 aliphatic rings. The molecule has 4 rings (SSSR count). The van der Waals surface area contributed by atoms with Gasteiger partial charge in [0.05, 0.1) is 17.0 Å². The molecule has 0 fully saturated rings. The van der Waals surface area contributed by atoms with Crippen LogP contribution in [0, 0.1) is 5.82 Å². The third-order valence-electron chi connectivity index (χ3n) is 4.83. The van der Waals surface area contributed by atoms with Crippen molar-refractivity contribution in [1.29, 1.82) is 0 Å². The number of amides is 1. The van der Waals surface area contributed by atoms with Crippen molar-refractivity contribution in [2.45, 2.75) is 25.8 Å². The first kappa shape index (κ1) is 16.5. The SMILES string of the molecule is CCCCN1C(=O)c2oc3ccccc3c(=O)c2C1c1ccccc1F. The van der Waals surface area contributed by atoms with E-state index in [1.807, 2.05) is 6.92 Å². The topological polar surface area (TPSA) is 50.5 Å². The lowest BCUT2D eigenvalue weighted by Crippen LogP contribution is -2.31. The number of para-hydroxylation sites is 1. The van der Waals surface area contributed by atoms with Gasteiger partial charge >= 0.3 is 0 Å². The molecular weight excluding hydrogens is 333 g/mol. The number of halogens is 1. The first-order valence-corrected chi connectivity index (χ1v) is 8.74. The summed E-state index contributed by atoms with van der Waals surface area (Å²) in [6.07, 6.45) is 1.64. The fraction of sp³-hybridized carbons (Fsp3) is 0.238. The second-order valence-corrected chi connectivity index (χ2v) is 6.45. The maximum Gasteiger partial charge on any atom is 0.290 e. The van der Waals surface area contributed by atoms with Gasteiger partial charge in [0.15, 0.2) is 5.43 Å². The van der Waals surface area contributed by atoms with E-state index in [1.165, 1.54) is 6.07 Å². The Morgan fingerprint density at radius 3 is 2.58 bits per heavy atom. The van der Waals surface area contributed by atoms with Crippen molar-refractivity contribution in [2.75, 3.05) is 6.54 Å². The van der Waals surface area contributed by atoms with E-state index >= 15 is 0 Å². The molecule has 2 aromatic carbocycles. The first-order valence-electron chi connectivity index (χ1n) is 8.74. The molecule has 4 nitrogen and oxygen atoms in total. The zero-order chi connectivity index (χ0) is 18.3. The molecule has 0 N–H and O–H groups in total. The summed E-state index contributed by atoms with van der Waals surface area (Å²) in [6, 6.07) is 12.3. The largest absolute Gasteiger partial charge is 0.450 e. The van der Waals surface area contributed by atoms with E-state index in [2.05, 4.69) is 0 Å². The van der Waals surface area contributed by atoms with E-state index in [9.17, 15) is 14.0 Å². The minimum Gasteiger partial charge on any atom is -0.450 e. The minimum atomic E-state index is -0.758. The zero-order valence-corrected chi connectivity index (χ0v) is 14.4. The van der Waals surface area contributed by atoms with Crippen LogP contribution >= 0.6 is 0 Å². The van der Waals surface area contributed by atoms with E-state index in [0.29, 0.717) is 23.1 Å². The highest BCUT2D eigenvalue weighted by molar-refractivity contribution is 5.99. The molecule has 0 bridgehead atoms. The number of fused-ring (bicyclic) bond motifs is 2. The van der Waals surface area contributed by atoms with E-state index in [1.54, 1.807) is 47.4 Å². The highest BCUT2D eigenvalue weighted by atomic mass is 19.1. The van der Waals surface area contributed by atoms with E-state index in [-0.39, 0.29) is 22.7 Å². The lowest BCUT2D eigenvalue weighted by atomic mass is 9.98. The molecule has 0 spiro atoms. The van der Waals surface area contributed by atoms with Crippen molar-refractivity contribution in [1.82, 2.24) is 4.90 Å². The summed E-state index contributed by atoms with van der Waals surface area (Å²) in [5, 5.41) is 0.401. The molecule has 0 saturated heterocycles. The Balaban J connectivity index is 2.00. The van der Waals surface area contributed by atoms with Crippen LogP contribution in [0.15, 0.2) is 57.7 Å². The first-order chi connectivity index (χ1) is 12.6. The normalized spacial score (nSPS) is 16.3. The lowest BCUT2D eigenvalue weighted by Gasteiger charge is -2.25. The lowest BCUT2D eigenvalue weighted by molar-refractivity contribution is 0.0724. The van der Waals surface area contributed by atoms with Gasteiger partial charge in [-0.1, -0.05) is 43.7 Å². The molecule has 0 aliphatic carbocycles. The Bertz CT molecular complexity index is 1060. The second-order valence-electron chi connectivity index (χ2n) is 6.45. The molecule has 132 valence electrons. The van der Waals surface area contributed by atoms with Crippen molar-refractivity contribution in [2.24, 2.45) is 0 Å². The van der Waals surface area contributed by atoms with Crippen LogP contribution in [0.4, 0.5) is 4.39 Å². The number of carbonyl (C=O) groups is 1. The predicted molar refractivity (Wildman–Crippen MR) is 96.7 cm³/mol. The van der Waals surface area contributed by atoms with Crippen molar-refractivity contribution < 1.29 is 13.6 Å². The van der Waals surface area contributed by atoms with E-state index in [0.717, 1.165) is 12.8 Å². The third kappa shape index (κ3) is 2.43. The Hall–Kier alpha value is -2.95. The standard InChI is InChI=1S/C21H18FNO3/c1-2-3-12-23-18(13-8-4-6-10-15(13)22)17-19(24)14-9-5-7-11-16(14)26-20(17)21(23)25/h4-11,18H,2-3,12H2,1H3. The quantitative estimate of drug-likeness (QED) is 0.705. The smallest absolute Gasteiger partial charge is 0.290 e. The van der Waals surface area contributed by atoms with Gasteiger partial charge in [0, 0.05) is 12.1 Å². The summed E-state index contributed by atoms with van der Waals surface area (Å²) in [7, 11) is 0. The maximum atomic E-state index is 14.5. The number of rotatable bonds is 4. The van der Waals surface area contributed by atoms with Crippen LogP contribution < -0.4 is 5.43 Å². The van der Waals surface area contributed by atoms with Gasteiger partial charge in [0.2, 0.25) is 5.76 Å². The highest BCUT2D eigenvalue weighted by Crippen LogP contribution is 2.39. The van der Waals surface area contributed by atoms with Gasteiger partial charge in [-0.25, -0.2) is 4.39 Å². The molecule has 1 atom stereocenters. The van der Waals surface area contributed by atoms with Crippen molar-refractivity contribution in [3.05, 3.63) is 81.5 Å². The molecule has 0 radical (unpaired) electrons. The van der Waals surface area contributed by atoms with Gasteiger partial charge in [-0.15, -0.1) is 0 Å². The average molecular weight is 351 g/mol. The van der Waals surface area contributed by atoms with Crippen LogP contribution in [0.5, 0.6) is 0 Å². The Labute approximate surface area is 149 Å². The van der Waals surface area contributed by atoms with Crippen LogP contribution in [0.3, 0.4) is 0 Å². The van der Waals surface area contributed by atoms with Gasteiger partial charge < -0.3 is 9.32 Å². The minimum absolute atomic E-state index is 0.0260. The van der Waals surface area contributed by atoms with Gasteiger partial charge in [0.25, 0.3) is 5.91 Å². The summed E-state index contributed by atoms with van der Waals surface area (Å²) in [5.41, 5.74) is 0.643. The molecule has 1 aromatic heterocycles. The summed E-state index contributed by atoms with van der Waals surface area (Å²) in [5.74, 6) is -0.769. The van der Waals surface area contributed by atoms with Crippen LogP contribution in [-0.4, -0.2) is 17.4 Å². The average Bonchev–Trinajstić information content (AvgIpc) is 2.93. The van der Waals surface area contributed by atoms with Crippen LogP contribution in [-0.2, 0) is 0 Å². The molecule has 26 heavy (non-hydrogen) atoms. The van der Waals surface area contributed by atoms with Crippen molar-refractivity contribution in [3.63, 3.8) is 0 Å². The predicted octanol–water partition coefficient (Wildman–Crippen LogP) is 4.28. The van der Waals surface area contributed by atoms with Crippen LogP contribution in [0.25, 0.3) is 11.0 Å². The van der Waals surface area contributed by atoms with Gasteiger partial charge in [-0.05, 0) is 24.6 Å². The van der Waals surface area contributed by atoms with Crippen LogP contribution in [0.2, 0.25) is 0 Å². The summed E-state index contributed by atoms with van der Waals surface area (Å²) >= 11 is 0. The molecule has 1 amide bonds. The van der Waals surface area contributed by atoms with E-state index in [4.69, 9.17) is 4.42 Å². The number of benzene rings is 2. The Morgan fingerprint density at radius 2 is 1.81 bits per heavy atom. The number of nitrogens with zero attached hydrogens (tertiary/aromatic N) is 1. The fourth-order valence-corrected chi connectivity index (χ4v) is 3.55. The van der Waals surface area contributed by atoms with Crippen molar-refractivity contribution >= 4 is 16.9 Å². The van der Waals surface area contributed by atoms with Gasteiger partial charge in [-0.3, -0.25) is 9.59 Å². The van der Waals surface area contributed by atoms with Gasteiger partial charge in [0.1, 0.15) is 11.4 Å². The highest BCUT2D eigenvalue weighted by Gasteiger charge is 2.43. The summed E-state index contributed by atoms with van der Waals surface area (Å²) in [6.45, 7) is 2.46. The Kier molecular flexibility index (Phi) is 4.07. The number of unbranched alkanes of at least 4 members (excludes halogenated alkanes) is 1. The second kappa shape index (κ2) is 6.41.